The number of aliphatic hydroxyl groups is 1. The van der Waals surface area contributed by atoms with Gasteiger partial charge in [-0.2, -0.15) is 0 Å². The number of nitrogens with zero attached hydrogens (tertiary/aromatic N) is 2. The standard InChI is InChI=1S/C18H25N3O2/c1-13-14(2)20-17-6-4-3-5-16(17)18(13)19-11-15(22)12-21-7-9-23-10-8-21/h3-6,15,22H,7-12H2,1-2H3,(H,19,20)/t15-/m0/s1. The summed E-state index contributed by atoms with van der Waals surface area (Å²) in [5, 5.41) is 14.9. The van der Waals surface area contributed by atoms with Gasteiger partial charge in [0.25, 0.3) is 0 Å². The van der Waals surface area contributed by atoms with E-state index >= 15 is 0 Å². The Morgan fingerprint density at radius 3 is 2.78 bits per heavy atom. The number of aromatic nitrogens is 1. The Bertz CT molecular complexity index is 669. The summed E-state index contributed by atoms with van der Waals surface area (Å²) in [4.78, 5) is 6.88. The van der Waals surface area contributed by atoms with Gasteiger partial charge in [-0.1, -0.05) is 18.2 Å². The van der Waals surface area contributed by atoms with Crippen molar-refractivity contribution < 1.29 is 9.84 Å². The first kappa shape index (κ1) is 16.2. The fourth-order valence-electron chi connectivity index (χ4n) is 3.02. The summed E-state index contributed by atoms with van der Waals surface area (Å²) in [6.07, 6.45) is -0.403. The Hall–Kier alpha value is -1.69. The van der Waals surface area contributed by atoms with E-state index < -0.39 is 6.10 Å². The molecule has 1 aromatic heterocycles. The molecule has 5 heteroatoms. The molecule has 3 rings (SSSR count). The van der Waals surface area contributed by atoms with E-state index in [1.54, 1.807) is 0 Å². The van der Waals surface area contributed by atoms with E-state index in [1.807, 2.05) is 25.1 Å². The lowest BCUT2D eigenvalue weighted by Crippen LogP contribution is -2.42. The van der Waals surface area contributed by atoms with E-state index in [0.29, 0.717) is 13.1 Å². The van der Waals surface area contributed by atoms with E-state index in [1.165, 1.54) is 0 Å². The summed E-state index contributed by atoms with van der Waals surface area (Å²) in [6.45, 7) is 8.62. The Morgan fingerprint density at radius 2 is 2.00 bits per heavy atom. The summed E-state index contributed by atoms with van der Waals surface area (Å²) in [7, 11) is 0. The van der Waals surface area contributed by atoms with Gasteiger partial charge in [0.05, 0.1) is 24.8 Å². The van der Waals surface area contributed by atoms with Gasteiger partial charge in [-0.3, -0.25) is 9.88 Å². The van der Waals surface area contributed by atoms with Crippen molar-refractivity contribution in [2.45, 2.75) is 20.0 Å². The van der Waals surface area contributed by atoms with Crippen LogP contribution in [0.15, 0.2) is 24.3 Å². The summed E-state index contributed by atoms with van der Waals surface area (Å²) in [5.41, 5.74) is 4.23. The number of hydrogen-bond donors (Lipinski definition) is 2. The smallest absolute Gasteiger partial charge is 0.0839 e. The molecule has 0 spiro atoms. The van der Waals surface area contributed by atoms with E-state index in [2.05, 4.69) is 28.2 Å². The first-order chi connectivity index (χ1) is 11.1. The lowest BCUT2D eigenvalue weighted by atomic mass is 10.1. The Morgan fingerprint density at radius 1 is 1.26 bits per heavy atom. The topological polar surface area (TPSA) is 57.6 Å². The Kier molecular flexibility index (Phi) is 5.10. The Labute approximate surface area is 137 Å². The highest BCUT2D eigenvalue weighted by molar-refractivity contribution is 5.93. The highest BCUT2D eigenvalue weighted by atomic mass is 16.5. The van der Waals surface area contributed by atoms with Crippen LogP contribution in [0.5, 0.6) is 0 Å². The van der Waals surface area contributed by atoms with Gasteiger partial charge in [0.15, 0.2) is 0 Å². The van der Waals surface area contributed by atoms with Crippen LogP contribution in [0.25, 0.3) is 10.9 Å². The first-order valence-electron chi connectivity index (χ1n) is 8.23. The molecule has 2 heterocycles. The molecule has 2 N–H and O–H groups in total. The molecular formula is C18H25N3O2. The fourth-order valence-corrected chi connectivity index (χ4v) is 3.02. The zero-order chi connectivity index (χ0) is 16.2. The van der Waals surface area contributed by atoms with Gasteiger partial charge in [0, 0.05) is 42.9 Å². The van der Waals surface area contributed by atoms with Crippen LogP contribution in [-0.4, -0.2) is 60.5 Å². The molecule has 2 aromatic rings. The summed E-state index contributed by atoms with van der Waals surface area (Å²) < 4.78 is 5.34. The number of anilines is 1. The van der Waals surface area contributed by atoms with Crippen molar-refractivity contribution in [1.29, 1.82) is 0 Å². The summed E-state index contributed by atoms with van der Waals surface area (Å²) in [5.74, 6) is 0. The van der Waals surface area contributed by atoms with Gasteiger partial charge in [0.1, 0.15) is 0 Å². The molecule has 1 saturated heterocycles. The van der Waals surface area contributed by atoms with Crippen molar-refractivity contribution in [3.05, 3.63) is 35.5 Å². The maximum absolute atomic E-state index is 10.3. The first-order valence-corrected chi connectivity index (χ1v) is 8.23. The van der Waals surface area contributed by atoms with E-state index in [-0.39, 0.29) is 0 Å². The molecule has 0 saturated carbocycles. The summed E-state index contributed by atoms with van der Waals surface area (Å²) >= 11 is 0. The van der Waals surface area contributed by atoms with E-state index in [0.717, 1.165) is 54.2 Å². The maximum Gasteiger partial charge on any atom is 0.0839 e. The van der Waals surface area contributed by atoms with Crippen molar-refractivity contribution in [3.8, 4) is 0 Å². The molecule has 5 nitrogen and oxygen atoms in total. The van der Waals surface area contributed by atoms with Gasteiger partial charge < -0.3 is 15.2 Å². The van der Waals surface area contributed by atoms with Crippen molar-refractivity contribution in [1.82, 2.24) is 9.88 Å². The van der Waals surface area contributed by atoms with Gasteiger partial charge in [-0.05, 0) is 25.5 Å². The van der Waals surface area contributed by atoms with Crippen LogP contribution in [0.1, 0.15) is 11.3 Å². The lowest BCUT2D eigenvalue weighted by molar-refractivity contribution is 0.0171. The predicted octanol–water partition coefficient (Wildman–Crippen LogP) is 1.96. The number of nitrogens with one attached hydrogen (secondary N) is 1. The van der Waals surface area contributed by atoms with Crippen molar-refractivity contribution in [2.24, 2.45) is 0 Å². The third kappa shape index (κ3) is 3.80. The zero-order valence-electron chi connectivity index (χ0n) is 13.9. The number of rotatable bonds is 5. The number of benzene rings is 1. The highest BCUT2D eigenvalue weighted by Gasteiger charge is 2.16. The quantitative estimate of drug-likeness (QED) is 0.883. The number of ether oxygens (including phenoxy) is 1. The largest absolute Gasteiger partial charge is 0.390 e. The number of hydrogen-bond acceptors (Lipinski definition) is 5. The highest BCUT2D eigenvalue weighted by Crippen LogP contribution is 2.27. The molecule has 0 amide bonds. The van der Waals surface area contributed by atoms with Crippen molar-refractivity contribution in [2.75, 3.05) is 44.7 Å². The molecule has 0 unspecified atom stereocenters. The average molecular weight is 315 g/mol. The number of morpholine rings is 1. The average Bonchev–Trinajstić information content (AvgIpc) is 2.56. The molecular weight excluding hydrogens is 290 g/mol. The van der Waals surface area contributed by atoms with Crippen molar-refractivity contribution >= 4 is 16.6 Å². The number of β-amino-alcohol motifs (C(OH)–C–C–N with tert-alkyl or cyclic N) is 1. The Balaban J connectivity index is 1.70. The summed E-state index contributed by atoms with van der Waals surface area (Å²) in [6, 6.07) is 8.12. The van der Waals surface area contributed by atoms with Crippen molar-refractivity contribution in [3.63, 3.8) is 0 Å². The number of pyridine rings is 1. The SMILES string of the molecule is Cc1nc2ccccc2c(NC[C@H](O)CN2CCOCC2)c1C. The molecule has 0 bridgehead atoms. The monoisotopic (exact) mass is 315 g/mol. The minimum absolute atomic E-state index is 0.403. The second-order valence-corrected chi connectivity index (χ2v) is 6.16. The van der Waals surface area contributed by atoms with Gasteiger partial charge >= 0.3 is 0 Å². The van der Waals surface area contributed by atoms with Crippen LogP contribution in [0, 0.1) is 13.8 Å². The molecule has 124 valence electrons. The predicted molar refractivity (Wildman–Crippen MR) is 93.0 cm³/mol. The van der Waals surface area contributed by atoms with Crippen LogP contribution in [0.2, 0.25) is 0 Å². The van der Waals surface area contributed by atoms with Gasteiger partial charge in [0.2, 0.25) is 0 Å². The van der Waals surface area contributed by atoms with Crippen LogP contribution in [0.4, 0.5) is 5.69 Å². The second kappa shape index (κ2) is 7.25. The minimum Gasteiger partial charge on any atom is -0.390 e. The van der Waals surface area contributed by atoms with Gasteiger partial charge in [-0.25, -0.2) is 0 Å². The third-order valence-corrected chi connectivity index (χ3v) is 4.47. The molecule has 0 radical (unpaired) electrons. The number of aliphatic hydroxyl groups excluding tert-OH is 1. The normalized spacial score (nSPS) is 17.3. The zero-order valence-corrected chi connectivity index (χ0v) is 13.9. The number of para-hydroxylation sites is 1. The fraction of sp³-hybridized carbons (Fsp3) is 0.500. The minimum atomic E-state index is -0.403. The molecule has 1 aromatic carbocycles. The molecule has 1 aliphatic heterocycles. The van der Waals surface area contributed by atoms with Crippen LogP contribution < -0.4 is 5.32 Å². The molecule has 23 heavy (non-hydrogen) atoms. The van der Waals surface area contributed by atoms with E-state index in [4.69, 9.17) is 4.74 Å². The number of aryl methyl sites for hydroxylation is 1. The van der Waals surface area contributed by atoms with E-state index in [9.17, 15) is 5.11 Å². The number of fused-ring (bicyclic) bond motifs is 1. The van der Waals surface area contributed by atoms with Gasteiger partial charge in [-0.15, -0.1) is 0 Å². The third-order valence-electron chi connectivity index (χ3n) is 4.47. The molecule has 0 aliphatic carbocycles. The maximum atomic E-state index is 10.3. The lowest BCUT2D eigenvalue weighted by Gasteiger charge is -2.28. The molecule has 1 fully saturated rings. The molecule has 1 aliphatic rings. The van der Waals surface area contributed by atoms with Crippen LogP contribution >= 0.6 is 0 Å². The second-order valence-electron chi connectivity index (χ2n) is 6.16. The van der Waals surface area contributed by atoms with Crippen LogP contribution in [0.3, 0.4) is 0 Å². The van der Waals surface area contributed by atoms with Crippen LogP contribution in [-0.2, 0) is 4.74 Å². The molecule has 1 atom stereocenters.